The third kappa shape index (κ3) is 3.87. The van der Waals surface area contributed by atoms with Gasteiger partial charge < -0.3 is 15.4 Å². The van der Waals surface area contributed by atoms with E-state index in [1.54, 1.807) is 7.11 Å². The van der Waals surface area contributed by atoms with E-state index in [1.807, 2.05) is 36.4 Å². The standard InChI is InChI=1S/C15H18BrN3O/c1-3-9-17-14-5-4-6-15(19-14)18-11-7-8-12(16)13(10-11)20-2/h4-8,10H,3,9H2,1-2H3,(H2,17,18,19). The van der Waals surface area contributed by atoms with Crippen molar-refractivity contribution >= 4 is 33.3 Å². The van der Waals surface area contributed by atoms with Crippen LogP contribution in [0.5, 0.6) is 5.75 Å². The predicted molar refractivity (Wildman–Crippen MR) is 87.0 cm³/mol. The van der Waals surface area contributed by atoms with Gasteiger partial charge in [-0.1, -0.05) is 13.0 Å². The largest absolute Gasteiger partial charge is 0.495 e. The van der Waals surface area contributed by atoms with E-state index < -0.39 is 0 Å². The minimum Gasteiger partial charge on any atom is -0.495 e. The molecule has 2 rings (SSSR count). The molecule has 1 aromatic carbocycles. The fourth-order valence-electron chi connectivity index (χ4n) is 1.74. The average Bonchev–Trinajstić information content (AvgIpc) is 2.47. The van der Waals surface area contributed by atoms with Crippen LogP contribution in [0.3, 0.4) is 0 Å². The lowest BCUT2D eigenvalue weighted by Gasteiger charge is -2.10. The van der Waals surface area contributed by atoms with Crippen molar-refractivity contribution in [1.29, 1.82) is 0 Å². The number of hydrogen-bond donors (Lipinski definition) is 2. The molecule has 2 N–H and O–H groups in total. The highest BCUT2D eigenvalue weighted by atomic mass is 79.9. The Morgan fingerprint density at radius 2 is 2.00 bits per heavy atom. The summed E-state index contributed by atoms with van der Waals surface area (Å²) in [4.78, 5) is 4.51. The van der Waals surface area contributed by atoms with E-state index in [2.05, 4.69) is 38.5 Å². The molecule has 0 saturated carbocycles. The second kappa shape index (κ2) is 7.14. The maximum atomic E-state index is 5.28. The first-order chi connectivity index (χ1) is 9.72. The summed E-state index contributed by atoms with van der Waals surface area (Å²) in [5.74, 6) is 2.46. The van der Waals surface area contributed by atoms with Crippen molar-refractivity contribution in [2.24, 2.45) is 0 Å². The van der Waals surface area contributed by atoms with E-state index in [0.29, 0.717) is 0 Å². The Morgan fingerprint density at radius 3 is 2.75 bits per heavy atom. The zero-order valence-electron chi connectivity index (χ0n) is 11.6. The lowest BCUT2D eigenvalue weighted by Crippen LogP contribution is -2.03. The first-order valence-corrected chi connectivity index (χ1v) is 7.33. The van der Waals surface area contributed by atoms with Crippen LogP contribution in [0, 0.1) is 0 Å². The zero-order valence-corrected chi connectivity index (χ0v) is 13.2. The van der Waals surface area contributed by atoms with Crippen LogP contribution in [0.1, 0.15) is 13.3 Å². The van der Waals surface area contributed by atoms with Gasteiger partial charge in [0.15, 0.2) is 0 Å². The smallest absolute Gasteiger partial charge is 0.135 e. The number of rotatable bonds is 6. The quantitative estimate of drug-likeness (QED) is 0.820. The molecule has 0 atom stereocenters. The molecule has 0 aliphatic rings. The first-order valence-electron chi connectivity index (χ1n) is 6.54. The molecular weight excluding hydrogens is 318 g/mol. The summed E-state index contributed by atoms with van der Waals surface area (Å²) in [6.45, 7) is 3.05. The van der Waals surface area contributed by atoms with Gasteiger partial charge in [0.25, 0.3) is 0 Å². The molecule has 0 amide bonds. The molecule has 1 heterocycles. The van der Waals surface area contributed by atoms with Gasteiger partial charge in [0.2, 0.25) is 0 Å². The Bertz CT molecular complexity index is 575. The SMILES string of the molecule is CCCNc1cccc(Nc2ccc(Br)c(OC)c2)n1. The van der Waals surface area contributed by atoms with Crippen LogP contribution in [0.4, 0.5) is 17.3 Å². The number of nitrogens with one attached hydrogen (secondary N) is 2. The van der Waals surface area contributed by atoms with Gasteiger partial charge in [-0.05, 0) is 46.6 Å². The van der Waals surface area contributed by atoms with Crippen LogP contribution in [-0.4, -0.2) is 18.6 Å². The first kappa shape index (κ1) is 14.7. The average molecular weight is 336 g/mol. The Morgan fingerprint density at radius 1 is 1.20 bits per heavy atom. The second-order valence-corrected chi connectivity index (χ2v) is 5.16. The highest BCUT2D eigenvalue weighted by Gasteiger charge is 2.03. The van der Waals surface area contributed by atoms with Crippen LogP contribution < -0.4 is 15.4 Å². The van der Waals surface area contributed by atoms with E-state index in [9.17, 15) is 0 Å². The van der Waals surface area contributed by atoms with Gasteiger partial charge in [-0.2, -0.15) is 0 Å². The van der Waals surface area contributed by atoms with E-state index in [0.717, 1.165) is 40.5 Å². The van der Waals surface area contributed by atoms with Crippen LogP contribution in [0.2, 0.25) is 0 Å². The number of anilines is 3. The highest BCUT2D eigenvalue weighted by molar-refractivity contribution is 9.10. The maximum Gasteiger partial charge on any atom is 0.135 e. The Kier molecular flexibility index (Phi) is 5.24. The number of methoxy groups -OCH3 is 1. The molecule has 0 radical (unpaired) electrons. The Balaban J connectivity index is 2.13. The summed E-state index contributed by atoms with van der Waals surface area (Å²) < 4.78 is 6.21. The monoisotopic (exact) mass is 335 g/mol. The van der Waals surface area contributed by atoms with Gasteiger partial charge in [-0.3, -0.25) is 0 Å². The van der Waals surface area contributed by atoms with Crippen LogP contribution >= 0.6 is 15.9 Å². The zero-order chi connectivity index (χ0) is 14.4. The van der Waals surface area contributed by atoms with Crippen molar-refractivity contribution in [3.05, 3.63) is 40.9 Å². The summed E-state index contributed by atoms with van der Waals surface area (Å²) in [7, 11) is 1.65. The lowest BCUT2D eigenvalue weighted by molar-refractivity contribution is 0.412. The van der Waals surface area contributed by atoms with Gasteiger partial charge in [0.05, 0.1) is 11.6 Å². The fourth-order valence-corrected chi connectivity index (χ4v) is 2.15. The van der Waals surface area contributed by atoms with Gasteiger partial charge in [0.1, 0.15) is 17.4 Å². The molecule has 2 aromatic rings. The number of aromatic nitrogens is 1. The number of benzene rings is 1. The van der Waals surface area contributed by atoms with Crippen molar-refractivity contribution in [3.63, 3.8) is 0 Å². The predicted octanol–water partition coefficient (Wildman–Crippen LogP) is 4.42. The van der Waals surface area contributed by atoms with Gasteiger partial charge in [-0.15, -0.1) is 0 Å². The Hall–Kier alpha value is -1.75. The Labute approximate surface area is 127 Å². The summed E-state index contributed by atoms with van der Waals surface area (Å²) in [5, 5.41) is 6.54. The molecule has 0 aliphatic heterocycles. The van der Waals surface area contributed by atoms with E-state index in [1.165, 1.54) is 0 Å². The topological polar surface area (TPSA) is 46.2 Å². The maximum absolute atomic E-state index is 5.28. The molecule has 0 unspecified atom stereocenters. The molecule has 106 valence electrons. The molecule has 20 heavy (non-hydrogen) atoms. The molecule has 1 aromatic heterocycles. The molecule has 0 fully saturated rings. The fraction of sp³-hybridized carbons (Fsp3) is 0.267. The van der Waals surface area contributed by atoms with Crippen LogP contribution in [0.25, 0.3) is 0 Å². The number of halogens is 1. The minimum absolute atomic E-state index is 0.787. The second-order valence-electron chi connectivity index (χ2n) is 4.31. The van der Waals surface area contributed by atoms with Crippen molar-refractivity contribution < 1.29 is 4.74 Å². The number of hydrogen-bond acceptors (Lipinski definition) is 4. The van der Waals surface area contributed by atoms with Crippen molar-refractivity contribution in [1.82, 2.24) is 4.98 Å². The number of nitrogens with zero attached hydrogens (tertiary/aromatic N) is 1. The molecule has 4 nitrogen and oxygen atoms in total. The normalized spacial score (nSPS) is 10.2. The third-order valence-corrected chi connectivity index (χ3v) is 3.38. The lowest BCUT2D eigenvalue weighted by atomic mass is 10.3. The van der Waals surface area contributed by atoms with Crippen LogP contribution in [-0.2, 0) is 0 Å². The summed E-state index contributed by atoms with van der Waals surface area (Å²) in [6.07, 6.45) is 1.07. The molecule has 0 aliphatic carbocycles. The van der Waals surface area contributed by atoms with Crippen molar-refractivity contribution in [2.75, 3.05) is 24.3 Å². The van der Waals surface area contributed by atoms with Crippen LogP contribution in [0.15, 0.2) is 40.9 Å². The van der Waals surface area contributed by atoms with Gasteiger partial charge >= 0.3 is 0 Å². The van der Waals surface area contributed by atoms with E-state index in [4.69, 9.17) is 4.74 Å². The van der Waals surface area contributed by atoms with E-state index >= 15 is 0 Å². The number of pyridine rings is 1. The molecule has 0 bridgehead atoms. The molecule has 0 saturated heterocycles. The molecule has 5 heteroatoms. The molecular formula is C15H18BrN3O. The summed E-state index contributed by atoms with van der Waals surface area (Å²) >= 11 is 3.44. The van der Waals surface area contributed by atoms with Gasteiger partial charge in [-0.25, -0.2) is 4.98 Å². The highest BCUT2D eigenvalue weighted by Crippen LogP contribution is 2.29. The van der Waals surface area contributed by atoms with Crippen molar-refractivity contribution in [2.45, 2.75) is 13.3 Å². The van der Waals surface area contributed by atoms with E-state index in [-0.39, 0.29) is 0 Å². The van der Waals surface area contributed by atoms with Crippen molar-refractivity contribution in [3.8, 4) is 5.75 Å². The molecule has 0 spiro atoms. The number of ether oxygens (including phenoxy) is 1. The summed E-state index contributed by atoms with van der Waals surface area (Å²) in [5.41, 5.74) is 0.935. The van der Waals surface area contributed by atoms with Gasteiger partial charge in [0, 0.05) is 18.3 Å². The summed E-state index contributed by atoms with van der Waals surface area (Å²) in [6, 6.07) is 11.7. The third-order valence-electron chi connectivity index (χ3n) is 2.73. The minimum atomic E-state index is 0.787.